The number of hydrogen-bond donors (Lipinski definition) is 4. The normalized spacial score (nSPS) is 14.0. The van der Waals surface area contributed by atoms with Gasteiger partial charge in [-0.2, -0.15) is 18.4 Å². The highest BCUT2D eigenvalue weighted by Crippen LogP contribution is 2.30. The van der Waals surface area contributed by atoms with E-state index in [0.717, 1.165) is 24.3 Å². The lowest BCUT2D eigenvalue weighted by molar-refractivity contribution is -0.137. The maximum Gasteiger partial charge on any atom is 0.416 e. The number of carbonyl (C=O) groups excluding carboxylic acids is 2. The summed E-state index contributed by atoms with van der Waals surface area (Å²) >= 11 is 11.9. The Morgan fingerprint density at radius 2 is 1.82 bits per heavy atom. The molecular formula is C21H17Cl2F3N6O2. The van der Waals surface area contributed by atoms with E-state index in [2.05, 4.69) is 21.6 Å². The SMILES string of the molecule is N#CC(NC(=O)C1=CN(CCNC(=O)c2cc(Cl)ccc2Cl)NN1)c1ccc(C(F)(F)F)cc1. The van der Waals surface area contributed by atoms with Gasteiger partial charge in [0, 0.05) is 17.8 Å². The summed E-state index contributed by atoms with van der Waals surface area (Å²) in [6, 6.07) is 9.15. The summed E-state index contributed by atoms with van der Waals surface area (Å²) in [4.78, 5) is 24.7. The third-order valence-electron chi connectivity index (χ3n) is 4.65. The molecule has 13 heteroatoms. The molecule has 1 aliphatic rings. The number of amides is 2. The van der Waals surface area contributed by atoms with E-state index in [1.165, 1.54) is 23.3 Å². The number of alkyl halides is 3. The van der Waals surface area contributed by atoms with Crippen LogP contribution in [0.15, 0.2) is 54.4 Å². The highest BCUT2D eigenvalue weighted by Gasteiger charge is 2.30. The van der Waals surface area contributed by atoms with Crippen molar-refractivity contribution in [2.75, 3.05) is 13.1 Å². The topological polar surface area (TPSA) is 109 Å². The summed E-state index contributed by atoms with van der Waals surface area (Å²) in [5.74, 6) is -1.08. The zero-order valence-electron chi connectivity index (χ0n) is 17.2. The first-order valence-electron chi connectivity index (χ1n) is 9.69. The number of benzene rings is 2. The van der Waals surface area contributed by atoms with Crippen LogP contribution in [0.4, 0.5) is 13.2 Å². The van der Waals surface area contributed by atoms with Crippen molar-refractivity contribution in [1.82, 2.24) is 26.6 Å². The Hall–Kier alpha value is -3.46. The minimum Gasteiger partial charge on any atom is -0.350 e. The van der Waals surface area contributed by atoms with E-state index < -0.39 is 29.6 Å². The molecule has 34 heavy (non-hydrogen) atoms. The number of rotatable bonds is 7. The monoisotopic (exact) mass is 512 g/mol. The van der Waals surface area contributed by atoms with Gasteiger partial charge in [-0.3, -0.25) is 20.0 Å². The summed E-state index contributed by atoms with van der Waals surface area (Å²) in [5.41, 5.74) is 4.96. The summed E-state index contributed by atoms with van der Waals surface area (Å²) < 4.78 is 38.1. The van der Waals surface area contributed by atoms with Crippen LogP contribution in [0.3, 0.4) is 0 Å². The van der Waals surface area contributed by atoms with E-state index in [1.807, 2.05) is 6.07 Å². The smallest absolute Gasteiger partial charge is 0.350 e. The predicted octanol–water partition coefficient (Wildman–Crippen LogP) is 3.29. The molecule has 0 saturated heterocycles. The highest BCUT2D eigenvalue weighted by molar-refractivity contribution is 6.35. The number of hydrazine groups is 2. The van der Waals surface area contributed by atoms with Crippen LogP contribution in [0.2, 0.25) is 10.0 Å². The highest BCUT2D eigenvalue weighted by atomic mass is 35.5. The second-order valence-corrected chi connectivity index (χ2v) is 7.85. The molecule has 1 heterocycles. The summed E-state index contributed by atoms with van der Waals surface area (Å²) in [6.07, 6.45) is -3.09. The van der Waals surface area contributed by atoms with Gasteiger partial charge in [0.05, 0.1) is 28.8 Å². The van der Waals surface area contributed by atoms with Gasteiger partial charge < -0.3 is 10.6 Å². The molecule has 2 aromatic carbocycles. The van der Waals surface area contributed by atoms with Crippen molar-refractivity contribution in [3.8, 4) is 6.07 Å². The molecule has 1 atom stereocenters. The second kappa shape index (κ2) is 10.6. The second-order valence-electron chi connectivity index (χ2n) is 7.01. The fraction of sp³-hybridized carbons (Fsp3) is 0.190. The molecule has 178 valence electrons. The van der Waals surface area contributed by atoms with Crippen LogP contribution in [-0.2, 0) is 11.0 Å². The standard InChI is InChI=1S/C21H17Cl2F3N6O2/c22-14-5-6-16(23)15(9-14)19(33)28-7-8-32-11-18(30-31-32)20(34)29-17(10-27)12-1-3-13(4-2-12)21(24,25)26/h1-6,9,11,17,30-31H,7-8H2,(H,28,33)(H,29,34). The van der Waals surface area contributed by atoms with Gasteiger partial charge in [0.15, 0.2) is 0 Å². The molecule has 8 nitrogen and oxygen atoms in total. The maximum absolute atomic E-state index is 12.7. The van der Waals surface area contributed by atoms with Gasteiger partial charge in [-0.1, -0.05) is 35.3 Å². The minimum absolute atomic E-state index is 0.0661. The largest absolute Gasteiger partial charge is 0.416 e. The molecule has 0 radical (unpaired) electrons. The Morgan fingerprint density at radius 3 is 2.47 bits per heavy atom. The minimum atomic E-state index is -4.50. The Morgan fingerprint density at radius 1 is 1.12 bits per heavy atom. The van der Waals surface area contributed by atoms with Crippen LogP contribution in [0, 0.1) is 11.3 Å². The van der Waals surface area contributed by atoms with Crippen molar-refractivity contribution >= 4 is 35.0 Å². The van der Waals surface area contributed by atoms with Gasteiger partial charge in [0.2, 0.25) is 0 Å². The van der Waals surface area contributed by atoms with Crippen LogP contribution in [0.5, 0.6) is 0 Å². The molecule has 1 unspecified atom stereocenters. The molecule has 0 fully saturated rings. The molecule has 0 spiro atoms. The van der Waals surface area contributed by atoms with Gasteiger partial charge in [0.25, 0.3) is 11.8 Å². The Labute approximate surface area is 202 Å². The molecule has 0 aromatic heterocycles. The van der Waals surface area contributed by atoms with Crippen LogP contribution >= 0.6 is 23.2 Å². The van der Waals surface area contributed by atoms with Crippen molar-refractivity contribution in [1.29, 1.82) is 5.26 Å². The quantitative estimate of drug-likeness (QED) is 0.453. The zero-order valence-corrected chi connectivity index (χ0v) is 18.7. The van der Waals surface area contributed by atoms with E-state index in [1.54, 1.807) is 6.07 Å². The average molecular weight is 513 g/mol. The molecule has 3 rings (SSSR count). The van der Waals surface area contributed by atoms with E-state index in [9.17, 15) is 28.0 Å². The van der Waals surface area contributed by atoms with E-state index >= 15 is 0 Å². The molecule has 4 N–H and O–H groups in total. The van der Waals surface area contributed by atoms with E-state index in [0.29, 0.717) is 5.02 Å². The zero-order chi connectivity index (χ0) is 24.9. The van der Waals surface area contributed by atoms with E-state index in [-0.39, 0.29) is 34.9 Å². The Bertz CT molecular complexity index is 1150. The summed E-state index contributed by atoms with van der Waals surface area (Å²) in [6.45, 7) is 0.447. The van der Waals surface area contributed by atoms with Gasteiger partial charge in [-0.25, -0.2) is 0 Å². The fourth-order valence-electron chi connectivity index (χ4n) is 2.91. The number of hydrogen-bond acceptors (Lipinski definition) is 6. The molecular weight excluding hydrogens is 496 g/mol. The number of nitrogens with zero attached hydrogens (tertiary/aromatic N) is 2. The molecule has 2 amide bonds. The Balaban J connectivity index is 1.53. The first-order chi connectivity index (χ1) is 16.1. The molecule has 1 aliphatic heterocycles. The lowest BCUT2D eigenvalue weighted by atomic mass is 10.1. The first kappa shape index (κ1) is 25.2. The van der Waals surface area contributed by atoms with Crippen LogP contribution in [0.25, 0.3) is 0 Å². The number of nitriles is 1. The van der Waals surface area contributed by atoms with Crippen molar-refractivity contribution in [2.45, 2.75) is 12.2 Å². The van der Waals surface area contributed by atoms with Crippen molar-refractivity contribution in [3.05, 3.63) is 81.1 Å². The molecule has 2 aromatic rings. The lowest BCUT2D eigenvalue weighted by Gasteiger charge is -2.15. The average Bonchev–Trinajstić information content (AvgIpc) is 3.27. The molecule has 0 saturated carbocycles. The maximum atomic E-state index is 12.7. The Kier molecular flexibility index (Phi) is 7.88. The fourth-order valence-corrected chi connectivity index (χ4v) is 3.28. The molecule has 0 aliphatic carbocycles. The third kappa shape index (κ3) is 6.32. The van der Waals surface area contributed by atoms with Crippen LogP contribution in [-0.4, -0.2) is 29.9 Å². The van der Waals surface area contributed by atoms with Crippen molar-refractivity contribution in [2.24, 2.45) is 0 Å². The summed E-state index contributed by atoms with van der Waals surface area (Å²) in [5, 5.41) is 16.5. The van der Waals surface area contributed by atoms with Crippen molar-refractivity contribution < 1.29 is 22.8 Å². The first-order valence-corrected chi connectivity index (χ1v) is 10.4. The van der Waals surface area contributed by atoms with E-state index in [4.69, 9.17) is 23.2 Å². The number of carbonyl (C=O) groups is 2. The van der Waals surface area contributed by atoms with Crippen molar-refractivity contribution in [3.63, 3.8) is 0 Å². The third-order valence-corrected chi connectivity index (χ3v) is 5.22. The number of halogens is 5. The van der Waals surface area contributed by atoms with Crippen LogP contribution < -0.4 is 21.6 Å². The van der Waals surface area contributed by atoms with Gasteiger partial charge in [0.1, 0.15) is 11.7 Å². The van der Waals surface area contributed by atoms with Gasteiger partial charge in [-0.05, 0) is 35.9 Å². The van der Waals surface area contributed by atoms with Gasteiger partial charge >= 0.3 is 6.18 Å². The van der Waals surface area contributed by atoms with Gasteiger partial charge in [-0.15, -0.1) is 5.53 Å². The number of nitrogens with one attached hydrogen (secondary N) is 4. The van der Waals surface area contributed by atoms with Crippen LogP contribution in [0.1, 0.15) is 27.5 Å². The molecule has 0 bridgehead atoms. The summed E-state index contributed by atoms with van der Waals surface area (Å²) in [7, 11) is 0. The predicted molar refractivity (Wildman–Crippen MR) is 118 cm³/mol. The lowest BCUT2D eigenvalue weighted by Crippen LogP contribution is -2.42.